The first-order valence-electron chi connectivity index (χ1n) is 12.3. The van der Waals surface area contributed by atoms with Gasteiger partial charge in [-0.1, -0.05) is 0 Å². The predicted octanol–water partition coefficient (Wildman–Crippen LogP) is -0.403. The van der Waals surface area contributed by atoms with Gasteiger partial charge >= 0.3 is 0 Å². The number of benzene rings is 1. The molecule has 1 aromatic rings. The number of carbonyl (C=O) groups excluding carboxylic acids is 4. The molecule has 12 heteroatoms. The molecule has 202 valence electrons. The Hall–Kier alpha value is -3.90. The number of nitrogens with zero attached hydrogens (tertiary/aromatic N) is 1. The number of rotatable bonds is 5. The van der Waals surface area contributed by atoms with Crippen LogP contribution < -0.4 is 21.7 Å². The zero-order valence-electron chi connectivity index (χ0n) is 21.0. The number of phenols is 1. The largest absolute Gasteiger partial charge is 0.508 e. The minimum atomic E-state index is -2.62. The molecule has 4 aliphatic rings. The van der Waals surface area contributed by atoms with E-state index in [9.17, 15) is 39.6 Å². The van der Waals surface area contributed by atoms with Crippen molar-refractivity contribution in [1.29, 1.82) is 0 Å². The third kappa shape index (κ3) is 3.51. The van der Waals surface area contributed by atoms with Crippen molar-refractivity contribution < 1.29 is 39.6 Å². The van der Waals surface area contributed by atoms with Crippen LogP contribution in [0, 0.1) is 11.8 Å². The number of amides is 2. The molecule has 2 amide bonds. The van der Waals surface area contributed by atoms with Crippen molar-refractivity contribution >= 4 is 34.8 Å². The standard InChI is InChI=1S/C26H30N4O8/c1-30(2)14-7-11(9-29-24(37)25(28)3-4-25)19(32)17-13(14)6-10-5-12-8-15(31)18(23(27)36)22(35)26(12,38)21(34)16(10)20(17)33/h7,10,12,32-33,35,38H,3-6,8-9,28H2,1-2H3,(H2,27,36)(H,29,37)/t10-,12+,26+/m1/s1. The summed E-state index contributed by atoms with van der Waals surface area (Å²) in [5.74, 6) is -7.18. The first-order chi connectivity index (χ1) is 17.7. The number of aliphatic hydroxyl groups excluding tert-OH is 2. The Bertz CT molecular complexity index is 1390. The minimum Gasteiger partial charge on any atom is -0.508 e. The van der Waals surface area contributed by atoms with Gasteiger partial charge in [-0.2, -0.15) is 0 Å². The molecule has 0 aliphatic heterocycles. The van der Waals surface area contributed by atoms with Crippen LogP contribution in [0.3, 0.4) is 0 Å². The van der Waals surface area contributed by atoms with E-state index in [0.29, 0.717) is 24.1 Å². The summed E-state index contributed by atoms with van der Waals surface area (Å²) in [5, 5.41) is 47.3. The van der Waals surface area contributed by atoms with Crippen LogP contribution in [0.1, 0.15) is 42.4 Å². The Balaban J connectivity index is 1.63. The van der Waals surface area contributed by atoms with Gasteiger partial charge in [0.15, 0.2) is 11.4 Å². The number of aromatic hydroxyl groups is 1. The molecule has 2 saturated carbocycles. The van der Waals surface area contributed by atoms with Gasteiger partial charge in [0.05, 0.1) is 11.1 Å². The monoisotopic (exact) mass is 526 g/mol. The van der Waals surface area contributed by atoms with Crippen molar-refractivity contribution in [3.05, 3.63) is 39.7 Å². The summed E-state index contributed by atoms with van der Waals surface area (Å²) in [6.07, 6.45) is 0.973. The summed E-state index contributed by atoms with van der Waals surface area (Å²) >= 11 is 0. The fraction of sp³-hybridized carbons (Fsp3) is 0.462. The third-order valence-corrected chi connectivity index (χ3v) is 8.28. The number of Topliss-reactive ketones (excluding diaryl/α,β-unsaturated/α-hetero) is 2. The topological polar surface area (TPSA) is 217 Å². The van der Waals surface area contributed by atoms with Crippen LogP contribution in [-0.4, -0.2) is 69.0 Å². The molecule has 0 aromatic heterocycles. The van der Waals surface area contributed by atoms with E-state index in [1.165, 1.54) is 0 Å². The molecule has 0 spiro atoms. The van der Waals surface area contributed by atoms with Gasteiger partial charge in [-0.25, -0.2) is 0 Å². The third-order valence-electron chi connectivity index (χ3n) is 8.28. The maximum Gasteiger partial charge on any atom is 0.255 e. The molecular formula is C26H30N4O8. The summed E-state index contributed by atoms with van der Waals surface area (Å²) in [5.41, 5.74) is 7.98. The van der Waals surface area contributed by atoms with Crippen LogP contribution in [0.15, 0.2) is 23.0 Å². The normalized spacial score (nSPS) is 27.4. The summed E-state index contributed by atoms with van der Waals surface area (Å²) in [6.45, 7) is -0.0860. The number of primary amides is 1. The molecule has 38 heavy (non-hydrogen) atoms. The quantitative estimate of drug-likeness (QED) is 0.246. The highest BCUT2D eigenvalue weighted by Gasteiger charge is 2.60. The fourth-order valence-corrected chi connectivity index (χ4v) is 5.97. The number of nitrogens with two attached hydrogens (primary N) is 2. The maximum absolute atomic E-state index is 13.7. The number of carbonyl (C=O) groups is 4. The van der Waals surface area contributed by atoms with Crippen LogP contribution in [0.25, 0.3) is 5.76 Å². The highest BCUT2D eigenvalue weighted by molar-refractivity contribution is 6.22. The Morgan fingerprint density at radius 2 is 1.82 bits per heavy atom. The van der Waals surface area contributed by atoms with Crippen LogP contribution in [0.4, 0.5) is 5.69 Å². The lowest BCUT2D eigenvalue weighted by molar-refractivity contribution is -0.147. The summed E-state index contributed by atoms with van der Waals surface area (Å²) in [7, 11) is 3.53. The van der Waals surface area contributed by atoms with Gasteiger partial charge in [-0.05, 0) is 43.2 Å². The number of nitrogens with one attached hydrogen (secondary N) is 1. The Kier molecular flexibility index (Phi) is 5.62. The van der Waals surface area contributed by atoms with Gasteiger partial charge < -0.3 is 42.1 Å². The summed E-state index contributed by atoms with van der Waals surface area (Å²) in [6, 6.07) is 1.68. The van der Waals surface area contributed by atoms with E-state index < -0.39 is 57.5 Å². The van der Waals surface area contributed by atoms with Gasteiger partial charge in [0.25, 0.3) is 5.91 Å². The van der Waals surface area contributed by atoms with E-state index >= 15 is 0 Å². The molecule has 3 atom stereocenters. The van der Waals surface area contributed by atoms with Gasteiger partial charge in [0.2, 0.25) is 11.7 Å². The smallest absolute Gasteiger partial charge is 0.255 e. The van der Waals surface area contributed by atoms with Crippen molar-refractivity contribution in [1.82, 2.24) is 5.32 Å². The molecule has 1 aromatic carbocycles. The minimum absolute atomic E-state index is 0.0264. The van der Waals surface area contributed by atoms with Gasteiger partial charge in [-0.15, -0.1) is 0 Å². The van der Waals surface area contributed by atoms with Crippen molar-refractivity contribution in [2.24, 2.45) is 23.3 Å². The number of ketones is 2. The van der Waals surface area contributed by atoms with E-state index in [1.54, 1.807) is 25.1 Å². The summed E-state index contributed by atoms with van der Waals surface area (Å²) < 4.78 is 0. The highest BCUT2D eigenvalue weighted by atomic mass is 16.3. The highest BCUT2D eigenvalue weighted by Crippen LogP contribution is 2.53. The summed E-state index contributed by atoms with van der Waals surface area (Å²) in [4.78, 5) is 52.1. The number of anilines is 1. The van der Waals surface area contributed by atoms with Crippen LogP contribution in [0.5, 0.6) is 5.75 Å². The van der Waals surface area contributed by atoms with E-state index in [4.69, 9.17) is 11.5 Å². The molecule has 9 N–H and O–H groups in total. The molecule has 12 nitrogen and oxygen atoms in total. The fourth-order valence-electron chi connectivity index (χ4n) is 5.97. The second kappa shape index (κ2) is 8.30. The molecule has 0 radical (unpaired) electrons. The first-order valence-corrected chi connectivity index (χ1v) is 12.3. The molecule has 0 bridgehead atoms. The van der Waals surface area contributed by atoms with Crippen LogP contribution >= 0.6 is 0 Å². The van der Waals surface area contributed by atoms with Crippen molar-refractivity contribution in [3.63, 3.8) is 0 Å². The molecule has 4 aliphatic carbocycles. The number of phenolic OH excluding ortho intramolecular Hbond substituents is 1. The predicted molar refractivity (Wildman–Crippen MR) is 134 cm³/mol. The zero-order valence-corrected chi connectivity index (χ0v) is 21.0. The van der Waals surface area contributed by atoms with Crippen molar-refractivity contribution in [2.75, 3.05) is 19.0 Å². The van der Waals surface area contributed by atoms with Gasteiger partial charge in [-0.3, -0.25) is 19.2 Å². The Morgan fingerprint density at radius 1 is 1.16 bits per heavy atom. The lowest BCUT2D eigenvalue weighted by Gasteiger charge is -2.46. The Morgan fingerprint density at radius 3 is 2.39 bits per heavy atom. The second-order valence-electron chi connectivity index (χ2n) is 10.9. The lowest BCUT2D eigenvalue weighted by Crippen LogP contribution is -2.58. The number of aliphatic hydroxyl groups is 3. The molecule has 0 saturated heterocycles. The van der Waals surface area contributed by atoms with Crippen LogP contribution in [0.2, 0.25) is 0 Å². The van der Waals surface area contributed by atoms with Crippen molar-refractivity contribution in [3.8, 4) is 5.75 Å². The number of hydrogen-bond acceptors (Lipinski definition) is 10. The van der Waals surface area contributed by atoms with Gasteiger partial charge in [0.1, 0.15) is 22.8 Å². The molecular weight excluding hydrogens is 496 g/mol. The average molecular weight is 527 g/mol. The second-order valence-corrected chi connectivity index (χ2v) is 10.9. The number of hydrogen-bond donors (Lipinski definition) is 7. The van der Waals surface area contributed by atoms with E-state index in [2.05, 4.69) is 5.32 Å². The zero-order chi connectivity index (χ0) is 27.9. The SMILES string of the molecule is CN(C)c1cc(CNC(=O)C2(N)CC2)c(O)c2c1C[C@H]1C[C@H]3CC(=O)C(C(N)=O)=C(O)[C@@]3(O)C(=O)C1=C2O. The van der Waals surface area contributed by atoms with Crippen molar-refractivity contribution in [2.45, 2.75) is 49.8 Å². The lowest BCUT2D eigenvalue weighted by atomic mass is 9.59. The Labute approximate surface area is 217 Å². The van der Waals surface area contributed by atoms with E-state index in [-0.39, 0.29) is 54.2 Å². The van der Waals surface area contributed by atoms with E-state index in [0.717, 1.165) is 0 Å². The molecule has 0 heterocycles. The van der Waals surface area contributed by atoms with Gasteiger partial charge in [0, 0.05) is 49.8 Å². The average Bonchev–Trinajstić information content (AvgIpc) is 3.58. The number of fused-ring (bicyclic) bond motifs is 3. The molecule has 5 rings (SSSR count). The molecule has 2 fully saturated rings. The van der Waals surface area contributed by atoms with Crippen LogP contribution in [-0.2, 0) is 32.1 Å². The van der Waals surface area contributed by atoms with E-state index in [1.807, 2.05) is 0 Å². The molecule has 0 unspecified atom stereocenters. The maximum atomic E-state index is 13.7. The first kappa shape index (κ1) is 25.7.